The van der Waals surface area contributed by atoms with Gasteiger partial charge in [-0.15, -0.1) is 0 Å². The van der Waals surface area contributed by atoms with Crippen LogP contribution in [0.2, 0.25) is 0 Å². The number of anilines is 2. The van der Waals surface area contributed by atoms with Gasteiger partial charge in [-0.05, 0) is 53.0 Å². The van der Waals surface area contributed by atoms with Crippen molar-refractivity contribution >= 4 is 33.2 Å². The number of hydrogen-bond acceptors (Lipinski definition) is 3. The monoisotopic (exact) mass is 387 g/mol. The van der Waals surface area contributed by atoms with Crippen LogP contribution in [0.3, 0.4) is 0 Å². The number of benzene rings is 1. The largest absolute Gasteiger partial charge is 0.353 e. The molecule has 0 radical (unpaired) electrons. The molecule has 2 N–H and O–H groups in total. The summed E-state index contributed by atoms with van der Waals surface area (Å²) in [5.41, 5.74) is 2.29. The minimum absolute atomic E-state index is 0.0747. The van der Waals surface area contributed by atoms with Gasteiger partial charge in [0.15, 0.2) is 0 Å². The lowest BCUT2D eigenvalue weighted by molar-refractivity contribution is 0.0928. The number of nitrogens with zero attached hydrogens (tertiary/aromatic N) is 1. The van der Waals surface area contributed by atoms with E-state index in [4.69, 9.17) is 0 Å². The smallest absolute Gasteiger partial charge is 0.270 e. The van der Waals surface area contributed by atoms with E-state index in [1.54, 1.807) is 12.3 Å². The van der Waals surface area contributed by atoms with Gasteiger partial charge >= 0.3 is 0 Å². The molecule has 1 aliphatic rings. The first-order valence-corrected chi connectivity index (χ1v) is 9.30. The number of amides is 1. The molecule has 1 aromatic carbocycles. The van der Waals surface area contributed by atoms with Crippen LogP contribution in [0.25, 0.3) is 0 Å². The molecule has 4 nitrogen and oxygen atoms in total. The summed E-state index contributed by atoms with van der Waals surface area (Å²) in [6.45, 7) is 0. The summed E-state index contributed by atoms with van der Waals surface area (Å²) in [4.78, 5) is 16.7. The number of nitrogens with one attached hydrogen (secondary N) is 2. The van der Waals surface area contributed by atoms with Crippen molar-refractivity contribution < 1.29 is 4.79 Å². The third-order valence-electron chi connectivity index (χ3n) is 4.34. The highest BCUT2D eigenvalue weighted by Crippen LogP contribution is 2.25. The molecule has 126 valence electrons. The zero-order valence-electron chi connectivity index (χ0n) is 13.6. The topological polar surface area (TPSA) is 54.0 Å². The van der Waals surface area contributed by atoms with Crippen LogP contribution in [0, 0.1) is 0 Å². The average Bonchev–Trinajstić information content (AvgIpc) is 2.86. The zero-order valence-corrected chi connectivity index (χ0v) is 15.2. The molecule has 3 rings (SSSR count). The fraction of sp³-hybridized carbons (Fsp3) is 0.368. The third-order valence-corrected chi connectivity index (χ3v) is 5.03. The molecule has 5 heteroatoms. The number of rotatable bonds is 4. The Morgan fingerprint density at radius 1 is 1.04 bits per heavy atom. The number of halogens is 1. The standard InChI is InChI=1S/C19H22BrN3O/c20-16-9-5-6-10-17(16)22-15-11-12-18(21-13-15)19(24)23-14-7-3-1-2-4-8-14/h5-6,9-14,22H,1-4,7-8H2,(H,23,24). The van der Waals surface area contributed by atoms with Crippen LogP contribution in [-0.2, 0) is 0 Å². The zero-order chi connectivity index (χ0) is 16.8. The van der Waals surface area contributed by atoms with Crippen molar-refractivity contribution in [3.05, 3.63) is 52.8 Å². The lowest BCUT2D eigenvalue weighted by Crippen LogP contribution is -2.34. The van der Waals surface area contributed by atoms with E-state index in [0.717, 1.165) is 28.7 Å². The van der Waals surface area contributed by atoms with Crippen LogP contribution in [0.5, 0.6) is 0 Å². The Morgan fingerprint density at radius 3 is 2.46 bits per heavy atom. The Kier molecular flexibility index (Phi) is 5.86. The minimum atomic E-state index is -0.0747. The SMILES string of the molecule is O=C(NC1CCCCCC1)c1ccc(Nc2ccccc2Br)cn1. The quantitative estimate of drug-likeness (QED) is 0.722. The molecule has 1 amide bonds. The molecular weight excluding hydrogens is 366 g/mol. The van der Waals surface area contributed by atoms with Crippen molar-refractivity contribution in [2.24, 2.45) is 0 Å². The second-order valence-electron chi connectivity index (χ2n) is 6.20. The molecule has 0 bridgehead atoms. The van der Waals surface area contributed by atoms with Crippen molar-refractivity contribution in [1.29, 1.82) is 0 Å². The van der Waals surface area contributed by atoms with Crippen molar-refractivity contribution in [2.45, 2.75) is 44.6 Å². The summed E-state index contributed by atoms with van der Waals surface area (Å²) in [5, 5.41) is 6.41. The van der Waals surface area contributed by atoms with Gasteiger partial charge < -0.3 is 10.6 Å². The maximum atomic E-state index is 12.3. The molecule has 0 spiro atoms. The van der Waals surface area contributed by atoms with Gasteiger partial charge in [-0.2, -0.15) is 0 Å². The highest BCUT2D eigenvalue weighted by molar-refractivity contribution is 9.10. The molecule has 0 unspecified atom stereocenters. The summed E-state index contributed by atoms with van der Waals surface area (Å²) < 4.78 is 0.986. The third kappa shape index (κ3) is 4.57. The van der Waals surface area contributed by atoms with Crippen molar-refractivity contribution in [3.63, 3.8) is 0 Å². The van der Waals surface area contributed by atoms with Crippen LogP contribution < -0.4 is 10.6 Å². The molecule has 1 saturated carbocycles. The number of carbonyl (C=O) groups is 1. The van der Waals surface area contributed by atoms with Gasteiger partial charge in [-0.1, -0.05) is 37.8 Å². The Labute approximate surface area is 151 Å². The number of aromatic nitrogens is 1. The number of para-hydroxylation sites is 1. The molecule has 1 fully saturated rings. The Morgan fingerprint density at radius 2 is 1.79 bits per heavy atom. The van der Waals surface area contributed by atoms with E-state index in [1.807, 2.05) is 30.3 Å². The van der Waals surface area contributed by atoms with Gasteiger partial charge in [0.2, 0.25) is 0 Å². The van der Waals surface area contributed by atoms with E-state index in [1.165, 1.54) is 25.7 Å². The second kappa shape index (κ2) is 8.29. The lowest BCUT2D eigenvalue weighted by Gasteiger charge is -2.16. The Bertz CT molecular complexity index is 679. The van der Waals surface area contributed by atoms with E-state index in [2.05, 4.69) is 31.5 Å². The molecule has 0 atom stereocenters. The number of hydrogen-bond donors (Lipinski definition) is 2. The summed E-state index contributed by atoms with van der Waals surface area (Å²) in [6.07, 6.45) is 8.81. The van der Waals surface area contributed by atoms with E-state index in [-0.39, 0.29) is 5.91 Å². The molecular formula is C19H22BrN3O. The Balaban J connectivity index is 1.61. The van der Waals surface area contributed by atoms with Crippen LogP contribution in [0.15, 0.2) is 47.1 Å². The molecule has 2 aromatic rings. The second-order valence-corrected chi connectivity index (χ2v) is 7.05. The van der Waals surface area contributed by atoms with Gasteiger partial charge in [0.25, 0.3) is 5.91 Å². The molecule has 24 heavy (non-hydrogen) atoms. The molecule has 0 saturated heterocycles. The van der Waals surface area contributed by atoms with E-state index < -0.39 is 0 Å². The Hall–Kier alpha value is -1.88. The van der Waals surface area contributed by atoms with Crippen LogP contribution in [0.4, 0.5) is 11.4 Å². The lowest BCUT2D eigenvalue weighted by atomic mass is 10.1. The number of carbonyl (C=O) groups excluding carboxylic acids is 1. The van der Waals surface area contributed by atoms with Crippen LogP contribution in [-0.4, -0.2) is 16.9 Å². The first kappa shape index (κ1) is 17.0. The van der Waals surface area contributed by atoms with Gasteiger partial charge in [-0.25, -0.2) is 4.98 Å². The summed E-state index contributed by atoms with van der Waals surface area (Å²) in [5.74, 6) is -0.0747. The molecule has 1 heterocycles. The molecule has 1 aliphatic carbocycles. The minimum Gasteiger partial charge on any atom is -0.353 e. The van der Waals surface area contributed by atoms with Gasteiger partial charge in [0, 0.05) is 10.5 Å². The van der Waals surface area contributed by atoms with Gasteiger partial charge in [0.1, 0.15) is 5.69 Å². The molecule has 1 aromatic heterocycles. The summed E-state index contributed by atoms with van der Waals surface area (Å²) >= 11 is 3.51. The normalized spacial score (nSPS) is 15.5. The van der Waals surface area contributed by atoms with E-state index in [0.29, 0.717) is 11.7 Å². The van der Waals surface area contributed by atoms with Crippen molar-refractivity contribution in [1.82, 2.24) is 10.3 Å². The average molecular weight is 388 g/mol. The summed E-state index contributed by atoms with van der Waals surface area (Å²) in [7, 11) is 0. The van der Waals surface area contributed by atoms with Crippen LogP contribution >= 0.6 is 15.9 Å². The van der Waals surface area contributed by atoms with Crippen molar-refractivity contribution in [3.8, 4) is 0 Å². The maximum absolute atomic E-state index is 12.3. The molecule has 0 aliphatic heterocycles. The van der Waals surface area contributed by atoms with Crippen LogP contribution in [0.1, 0.15) is 49.0 Å². The summed E-state index contributed by atoms with van der Waals surface area (Å²) in [6, 6.07) is 11.8. The predicted molar refractivity (Wildman–Crippen MR) is 101 cm³/mol. The highest BCUT2D eigenvalue weighted by atomic mass is 79.9. The fourth-order valence-electron chi connectivity index (χ4n) is 3.00. The first-order valence-electron chi connectivity index (χ1n) is 8.51. The maximum Gasteiger partial charge on any atom is 0.270 e. The van der Waals surface area contributed by atoms with Crippen molar-refractivity contribution in [2.75, 3.05) is 5.32 Å². The van der Waals surface area contributed by atoms with E-state index >= 15 is 0 Å². The fourth-order valence-corrected chi connectivity index (χ4v) is 3.39. The predicted octanol–water partition coefficient (Wildman–Crippen LogP) is 5.04. The highest BCUT2D eigenvalue weighted by Gasteiger charge is 2.16. The first-order chi connectivity index (χ1) is 11.7. The van der Waals surface area contributed by atoms with Gasteiger partial charge in [-0.3, -0.25) is 4.79 Å². The van der Waals surface area contributed by atoms with Gasteiger partial charge in [0.05, 0.1) is 17.6 Å². The number of pyridine rings is 1. The van der Waals surface area contributed by atoms with E-state index in [9.17, 15) is 4.79 Å².